The lowest BCUT2D eigenvalue weighted by Gasteiger charge is -2.41. The molecule has 212 valence electrons. The smallest absolute Gasteiger partial charge is 0.416 e. The molecule has 0 aliphatic carbocycles. The van der Waals surface area contributed by atoms with Gasteiger partial charge in [-0.1, -0.05) is 36.4 Å². The van der Waals surface area contributed by atoms with Crippen LogP contribution in [0.3, 0.4) is 0 Å². The number of phenols is 1. The van der Waals surface area contributed by atoms with E-state index in [1.54, 1.807) is 18.2 Å². The lowest BCUT2D eigenvalue weighted by molar-refractivity contribution is -0.139. The van der Waals surface area contributed by atoms with Crippen LogP contribution in [-0.2, 0) is 24.1 Å². The topological polar surface area (TPSA) is 74.3 Å². The van der Waals surface area contributed by atoms with Crippen LogP contribution in [0, 0.1) is 0 Å². The molecule has 2 aliphatic rings. The maximum atomic E-state index is 13.7. The second-order valence-electron chi connectivity index (χ2n) is 10.4. The van der Waals surface area contributed by atoms with E-state index in [2.05, 4.69) is 27.2 Å². The monoisotopic (exact) mass is 555 g/mol. The zero-order valence-electron chi connectivity index (χ0n) is 22.2. The summed E-state index contributed by atoms with van der Waals surface area (Å²) in [6.45, 7) is 3.48. The highest BCUT2D eigenvalue weighted by Gasteiger charge is 2.48. The van der Waals surface area contributed by atoms with E-state index in [4.69, 9.17) is 9.47 Å². The number of nitrogens with one attached hydrogen (secondary N) is 1. The molecule has 2 N–H and O–H groups in total. The number of carbonyl (C=O) groups is 1. The maximum absolute atomic E-state index is 13.7. The van der Waals surface area contributed by atoms with E-state index in [9.17, 15) is 23.1 Å². The predicted octanol–water partition coefficient (Wildman–Crippen LogP) is 4.44. The zero-order chi connectivity index (χ0) is 28.3. The van der Waals surface area contributed by atoms with Crippen LogP contribution in [-0.4, -0.2) is 65.7 Å². The van der Waals surface area contributed by atoms with E-state index in [-0.39, 0.29) is 30.0 Å². The number of halogens is 3. The summed E-state index contributed by atoms with van der Waals surface area (Å²) in [5, 5.41) is 13.0. The van der Waals surface area contributed by atoms with Crippen LogP contribution in [0.25, 0.3) is 0 Å². The SMILES string of the molecule is COc1cc(CN2CCC(Oc3ccc(C(F)(F)F)cc3)(C(=O)NC3CN(Cc4ccccc4)C3)C2)ccc1O. The molecule has 3 aromatic rings. The van der Waals surface area contributed by atoms with Gasteiger partial charge < -0.3 is 19.9 Å². The number of hydrogen-bond donors (Lipinski definition) is 2. The van der Waals surface area contributed by atoms with Crippen molar-refractivity contribution in [1.82, 2.24) is 15.1 Å². The summed E-state index contributed by atoms with van der Waals surface area (Å²) in [5.74, 6) is 0.318. The van der Waals surface area contributed by atoms with Gasteiger partial charge in [-0.15, -0.1) is 0 Å². The second kappa shape index (κ2) is 11.4. The van der Waals surface area contributed by atoms with Crippen molar-refractivity contribution in [1.29, 1.82) is 0 Å². The van der Waals surface area contributed by atoms with Crippen LogP contribution in [0.4, 0.5) is 13.2 Å². The van der Waals surface area contributed by atoms with Gasteiger partial charge in [0.1, 0.15) is 5.75 Å². The number of rotatable bonds is 9. The molecule has 1 atom stereocenters. The number of carbonyl (C=O) groups excluding carboxylic acids is 1. The van der Waals surface area contributed by atoms with Gasteiger partial charge >= 0.3 is 6.18 Å². The minimum absolute atomic E-state index is 0.0360. The molecule has 0 saturated carbocycles. The molecule has 5 rings (SSSR count). The predicted molar refractivity (Wildman–Crippen MR) is 143 cm³/mol. The molecule has 3 aromatic carbocycles. The number of alkyl halides is 3. The first-order valence-electron chi connectivity index (χ1n) is 13.2. The molecule has 1 unspecified atom stereocenters. The summed E-state index contributed by atoms with van der Waals surface area (Å²) < 4.78 is 50.7. The summed E-state index contributed by atoms with van der Waals surface area (Å²) in [5.41, 5.74) is 0.0453. The number of aromatic hydroxyl groups is 1. The molecule has 40 heavy (non-hydrogen) atoms. The van der Waals surface area contributed by atoms with E-state index in [1.165, 1.54) is 24.8 Å². The van der Waals surface area contributed by atoms with Gasteiger partial charge in [-0.2, -0.15) is 13.2 Å². The standard InChI is InChI=1S/C30H32F3N3O4/c1-39-27-15-22(7-12-26(27)37)17-35-14-13-29(20-35,40-25-10-8-23(9-11-25)30(31,32)33)28(38)34-24-18-36(19-24)16-21-5-3-2-4-6-21/h2-12,15,24,37H,13-14,16-20H2,1H3,(H,34,38). The maximum Gasteiger partial charge on any atom is 0.416 e. The molecular weight excluding hydrogens is 523 g/mol. The molecule has 1 amide bonds. The van der Waals surface area contributed by atoms with Crippen LogP contribution in [0.15, 0.2) is 72.8 Å². The molecule has 2 saturated heterocycles. The van der Waals surface area contributed by atoms with E-state index in [0.29, 0.717) is 38.3 Å². The average molecular weight is 556 g/mol. The molecule has 0 bridgehead atoms. The molecule has 0 spiro atoms. The second-order valence-corrected chi connectivity index (χ2v) is 10.4. The summed E-state index contributed by atoms with van der Waals surface area (Å²) in [6.07, 6.45) is -4.09. The number of methoxy groups -OCH3 is 1. The summed E-state index contributed by atoms with van der Waals surface area (Å²) in [6, 6.07) is 19.6. The Labute approximate surface area is 231 Å². The van der Waals surface area contributed by atoms with Crippen LogP contribution < -0.4 is 14.8 Å². The first-order chi connectivity index (χ1) is 19.1. The van der Waals surface area contributed by atoms with Crippen LogP contribution >= 0.6 is 0 Å². The Morgan fingerprint density at radius 2 is 1.70 bits per heavy atom. The Hall–Kier alpha value is -3.76. The normalized spacial score (nSPS) is 20.2. The minimum atomic E-state index is -4.46. The molecule has 2 heterocycles. The van der Waals surface area contributed by atoms with Crippen molar-refractivity contribution in [3.05, 3.63) is 89.5 Å². The quantitative estimate of drug-likeness (QED) is 0.407. The van der Waals surface area contributed by atoms with Crippen molar-refractivity contribution in [2.24, 2.45) is 0 Å². The molecular formula is C30H32F3N3O4. The van der Waals surface area contributed by atoms with Crippen molar-refractivity contribution >= 4 is 5.91 Å². The van der Waals surface area contributed by atoms with Crippen LogP contribution in [0.2, 0.25) is 0 Å². The zero-order valence-corrected chi connectivity index (χ0v) is 22.2. The van der Waals surface area contributed by atoms with Crippen molar-refractivity contribution in [3.8, 4) is 17.2 Å². The van der Waals surface area contributed by atoms with Gasteiger partial charge in [0.2, 0.25) is 5.60 Å². The number of ether oxygens (including phenoxy) is 2. The lowest BCUT2D eigenvalue weighted by Crippen LogP contribution is -2.63. The van der Waals surface area contributed by atoms with Crippen LogP contribution in [0.1, 0.15) is 23.1 Å². The van der Waals surface area contributed by atoms with Gasteiger partial charge in [0.15, 0.2) is 11.5 Å². The molecule has 0 radical (unpaired) electrons. The highest BCUT2D eigenvalue weighted by Crippen LogP contribution is 2.34. The van der Waals surface area contributed by atoms with E-state index in [0.717, 1.165) is 24.2 Å². The number of phenolic OH excluding ortho intramolecular Hbond substituents is 1. The molecule has 10 heteroatoms. The van der Waals surface area contributed by atoms with Gasteiger partial charge in [-0.25, -0.2) is 0 Å². The Balaban J connectivity index is 1.28. The fourth-order valence-corrected chi connectivity index (χ4v) is 5.27. The lowest BCUT2D eigenvalue weighted by atomic mass is 9.99. The van der Waals surface area contributed by atoms with Gasteiger partial charge in [0.25, 0.3) is 5.91 Å². The van der Waals surface area contributed by atoms with Crippen molar-refractivity contribution in [3.63, 3.8) is 0 Å². The molecule has 0 aromatic heterocycles. The van der Waals surface area contributed by atoms with E-state index < -0.39 is 17.3 Å². The third-order valence-corrected chi connectivity index (χ3v) is 7.41. The fraction of sp³-hybridized carbons (Fsp3) is 0.367. The Morgan fingerprint density at radius 1 is 1.00 bits per heavy atom. The largest absolute Gasteiger partial charge is 0.504 e. The third-order valence-electron chi connectivity index (χ3n) is 7.41. The van der Waals surface area contributed by atoms with E-state index >= 15 is 0 Å². The van der Waals surface area contributed by atoms with Gasteiger partial charge in [-0.3, -0.25) is 14.6 Å². The number of hydrogen-bond acceptors (Lipinski definition) is 6. The number of benzene rings is 3. The molecule has 2 fully saturated rings. The number of nitrogens with zero attached hydrogens (tertiary/aromatic N) is 2. The highest BCUT2D eigenvalue weighted by atomic mass is 19.4. The first-order valence-corrected chi connectivity index (χ1v) is 13.2. The van der Waals surface area contributed by atoms with Crippen molar-refractivity contribution in [2.45, 2.75) is 37.3 Å². The van der Waals surface area contributed by atoms with Crippen LogP contribution in [0.5, 0.6) is 17.2 Å². The minimum Gasteiger partial charge on any atom is -0.504 e. The van der Waals surface area contributed by atoms with Crippen molar-refractivity contribution in [2.75, 3.05) is 33.3 Å². The van der Waals surface area contributed by atoms with Gasteiger partial charge in [0.05, 0.1) is 18.7 Å². The highest BCUT2D eigenvalue weighted by molar-refractivity contribution is 5.86. The Kier molecular flexibility index (Phi) is 7.91. The van der Waals surface area contributed by atoms with Crippen molar-refractivity contribution < 1.29 is 32.5 Å². The fourth-order valence-electron chi connectivity index (χ4n) is 5.27. The Morgan fingerprint density at radius 3 is 2.38 bits per heavy atom. The summed E-state index contributed by atoms with van der Waals surface area (Å²) in [7, 11) is 1.48. The first kappa shape index (κ1) is 27.8. The molecule has 7 nitrogen and oxygen atoms in total. The summed E-state index contributed by atoms with van der Waals surface area (Å²) >= 11 is 0. The summed E-state index contributed by atoms with van der Waals surface area (Å²) in [4.78, 5) is 18.0. The number of likely N-dealkylation sites (tertiary alicyclic amines) is 2. The third kappa shape index (κ3) is 6.34. The van der Waals surface area contributed by atoms with Gasteiger partial charge in [0, 0.05) is 45.7 Å². The number of amides is 1. The van der Waals surface area contributed by atoms with Gasteiger partial charge in [-0.05, 0) is 47.5 Å². The average Bonchev–Trinajstić information content (AvgIpc) is 3.32. The van der Waals surface area contributed by atoms with E-state index in [1.807, 2.05) is 18.2 Å². The molecule has 2 aliphatic heterocycles. The Bertz CT molecular complexity index is 1310.